The molecule has 0 atom stereocenters. The van der Waals surface area contributed by atoms with Gasteiger partial charge in [0.05, 0.1) is 0 Å². The van der Waals surface area contributed by atoms with Crippen LogP contribution in [0.15, 0.2) is 17.0 Å². The number of hydrogen-bond acceptors (Lipinski definition) is 3. The Kier molecular flexibility index (Phi) is 18.9. The van der Waals surface area contributed by atoms with E-state index in [-0.39, 0.29) is 33.7 Å². The number of phenolic OH excluding ortho intramolecular Hbond substituents is 1. The Bertz CT molecular complexity index is 704. The molecular formula is C26H48MgO4S. The van der Waals surface area contributed by atoms with Gasteiger partial charge in [0.25, 0.3) is 10.1 Å². The number of hydrogen-bond donors (Lipinski definition) is 2. The molecule has 0 aliphatic heterocycles. The molecule has 0 radical (unpaired) electrons. The van der Waals surface area contributed by atoms with Crippen molar-refractivity contribution in [2.24, 2.45) is 0 Å². The fourth-order valence-corrected chi connectivity index (χ4v) is 4.85. The summed E-state index contributed by atoms with van der Waals surface area (Å²) in [6, 6.07) is 3.38. The van der Waals surface area contributed by atoms with E-state index in [0.29, 0.717) is 12.0 Å². The first-order chi connectivity index (χ1) is 14.9. The van der Waals surface area contributed by atoms with E-state index in [0.717, 1.165) is 44.1 Å². The van der Waals surface area contributed by atoms with Gasteiger partial charge >= 0.3 is 23.1 Å². The molecule has 0 aliphatic rings. The summed E-state index contributed by atoms with van der Waals surface area (Å²) in [4.78, 5) is -0.335. The minimum atomic E-state index is -4.42. The lowest BCUT2D eigenvalue weighted by molar-refractivity contribution is 0.436. The zero-order chi connectivity index (χ0) is 23.0. The molecule has 0 spiro atoms. The van der Waals surface area contributed by atoms with Gasteiger partial charge in [-0.2, -0.15) is 8.42 Å². The predicted octanol–water partition coefficient (Wildman–Crippen LogP) is 7.09. The predicted molar refractivity (Wildman–Crippen MR) is 139 cm³/mol. The fourth-order valence-electron chi connectivity index (χ4n) is 4.17. The first kappa shape index (κ1) is 31.7. The summed E-state index contributed by atoms with van der Waals surface area (Å²) in [6.07, 6.45) is 20.8. The van der Waals surface area contributed by atoms with Gasteiger partial charge in [0, 0.05) is 0 Å². The Morgan fingerprint density at radius 1 is 0.656 bits per heavy atom. The van der Waals surface area contributed by atoms with Gasteiger partial charge in [-0.25, -0.2) is 0 Å². The smallest absolute Gasteiger partial charge is 0.316 e. The zero-order valence-electron chi connectivity index (χ0n) is 20.0. The molecule has 32 heavy (non-hydrogen) atoms. The van der Waals surface area contributed by atoms with Gasteiger partial charge in [0.15, 0.2) is 0 Å². The second-order valence-corrected chi connectivity index (χ2v) is 10.4. The van der Waals surface area contributed by atoms with Crippen LogP contribution >= 0.6 is 0 Å². The molecule has 0 saturated heterocycles. The Labute approximate surface area is 213 Å². The molecular weight excluding hydrogens is 433 g/mol. The van der Waals surface area contributed by atoms with Crippen LogP contribution in [0, 0.1) is 0 Å². The number of unbranched alkanes of at least 4 members (excludes halogenated alkanes) is 14. The molecule has 0 aliphatic carbocycles. The van der Waals surface area contributed by atoms with Crippen LogP contribution in [-0.4, -0.2) is 41.1 Å². The number of phenols is 1. The Morgan fingerprint density at radius 3 is 1.50 bits per heavy atom. The van der Waals surface area contributed by atoms with Crippen LogP contribution < -0.4 is 0 Å². The van der Waals surface area contributed by atoms with Crippen molar-refractivity contribution in [1.82, 2.24) is 0 Å². The van der Waals surface area contributed by atoms with Gasteiger partial charge in [-0.05, 0) is 42.9 Å². The molecule has 1 rings (SSSR count). The average molecular weight is 481 g/mol. The highest BCUT2D eigenvalue weighted by atomic mass is 32.2. The normalized spacial score (nSPS) is 11.5. The van der Waals surface area contributed by atoms with Crippen molar-refractivity contribution in [2.75, 3.05) is 0 Å². The summed E-state index contributed by atoms with van der Waals surface area (Å²) in [6.45, 7) is 4.43. The first-order valence-corrected chi connectivity index (χ1v) is 14.2. The van der Waals surface area contributed by atoms with Crippen LogP contribution in [0.25, 0.3) is 0 Å². The van der Waals surface area contributed by atoms with Crippen molar-refractivity contribution in [2.45, 2.75) is 134 Å². The van der Waals surface area contributed by atoms with E-state index in [4.69, 9.17) is 0 Å². The van der Waals surface area contributed by atoms with E-state index in [9.17, 15) is 18.1 Å². The molecule has 6 heteroatoms. The molecule has 1 aromatic rings. The summed E-state index contributed by atoms with van der Waals surface area (Å²) in [5, 5.41) is 10.4. The third-order valence-electron chi connectivity index (χ3n) is 6.11. The maximum absolute atomic E-state index is 11.7. The summed E-state index contributed by atoms with van der Waals surface area (Å²) in [5.74, 6) is -0.275. The Morgan fingerprint density at radius 2 is 1.06 bits per heavy atom. The average Bonchev–Trinajstić information content (AvgIpc) is 2.72. The molecule has 0 aromatic heterocycles. The minimum absolute atomic E-state index is 0. The molecule has 0 fully saturated rings. The molecule has 0 bridgehead atoms. The largest absolute Gasteiger partial charge is 0.506 e. The highest BCUT2D eigenvalue weighted by Gasteiger charge is 2.19. The standard InChI is InChI=1S/C26H46O4S.Mg.2H/c1-3-5-7-9-11-12-13-14-15-17-19-23-21-24(20-18-16-10-8-6-4-2)26(27)25(22-23)31(28,29)30;;;/h21-22,27H,3-20H2,1-2H3,(H,28,29,30);;;. The van der Waals surface area contributed by atoms with E-state index < -0.39 is 10.1 Å². The van der Waals surface area contributed by atoms with E-state index >= 15 is 0 Å². The first-order valence-electron chi connectivity index (χ1n) is 12.7. The molecule has 1 aromatic carbocycles. The van der Waals surface area contributed by atoms with Gasteiger partial charge in [0.2, 0.25) is 0 Å². The number of aromatic hydroxyl groups is 1. The van der Waals surface area contributed by atoms with Gasteiger partial charge in [-0.3, -0.25) is 4.55 Å². The molecule has 184 valence electrons. The molecule has 0 saturated carbocycles. The Balaban J connectivity index is 0.00000961. The minimum Gasteiger partial charge on any atom is -0.506 e. The number of rotatable bonds is 19. The third-order valence-corrected chi connectivity index (χ3v) is 6.98. The van der Waals surface area contributed by atoms with Gasteiger partial charge in [0.1, 0.15) is 10.6 Å². The fraction of sp³-hybridized carbons (Fsp3) is 0.769. The molecule has 0 amide bonds. The van der Waals surface area contributed by atoms with Crippen LogP contribution in [0.1, 0.15) is 128 Å². The van der Waals surface area contributed by atoms with E-state index in [1.165, 1.54) is 76.7 Å². The van der Waals surface area contributed by atoms with E-state index in [1.54, 1.807) is 0 Å². The van der Waals surface area contributed by atoms with Crippen molar-refractivity contribution in [3.63, 3.8) is 0 Å². The summed E-state index contributed by atoms with van der Waals surface area (Å²) >= 11 is 0. The lowest BCUT2D eigenvalue weighted by atomic mass is 9.99. The Hall–Kier alpha value is -0.304. The summed E-state index contributed by atoms with van der Waals surface area (Å²) < 4.78 is 33.0. The van der Waals surface area contributed by atoms with Crippen LogP contribution in [0.2, 0.25) is 0 Å². The second-order valence-electron chi connectivity index (χ2n) is 9.03. The van der Waals surface area contributed by atoms with Crippen molar-refractivity contribution in [3.05, 3.63) is 23.3 Å². The lowest BCUT2D eigenvalue weighted by Crippen LogP contribution is -2.03. The van der Waals surface area contributed by atoms with Crippen molar-refractivity contribution in [1.29, 1.82) is 0 Å². The van der Waals surface area contributed by atoms with Crippen LogP contribution in [0.5, 0.6) is 5.75 Å². The zero-order valence-corrected chi connectivity index (χ0v) is 20.8. The topological polar surface area (TPSA) is 74.6 Å². The maximum atomic E-state index is 11.7. The van der Waals surface area contributed by atoms with Crippen LogP contribution in [0.3, 0.4) is 0 Å². The van der Waals surface area contributed by atoms with Crippen LogP contribution in [0.4, 0.5) is 0 Å². The number of aryl methyl sites for hydroxylation is 2. The SMILES string of the molecule is CCCCCCCCCCCCc1cc(CCCCCCCC)c(O)c(S(=O)(=O)O)c1.[MgH2]. The van der Waals surface area contributed by atoms with Gasteiger partial charge in [-0.15, -0.1) is 0 Å². The van der Waals surface area contributed by atoms with Gasteiger partial charge < -0.3 is 5.11 Å². The van der Waals surface area contributed by atoms with Crippen molar-refractivity contribution >= 4 is 33.2 Å². The monoisotopic (exact) mass is 480 g/mol. The summed E-state index contributed by atoms with van der Waals surface area (Å²) in [7, 11) is -4.42. The van der Waals surface area contributed by atoms with E-state index in [2.05, 4.69) is 13.8 Å². The molecule has 0 unspecified atom stereocenters. The van der Waals surface area contributed by atoms with E-state index in [1.807, 2.05) is 6.07 Å². The molecule has 4 nitrogen and oxygen atoms in total. The highest BCUT2D eigenvalue weighted by molar-refractivity contribution is 7.86. The van der Waals surface area contributed by atoms with Crippen LogP contribution in [-0.2, 0) is 23.0 Å². The third kappa shape index (κ3) is 14.1. The number of benzene rings is 1. The maximum Gasteiger partial charge on any atom is 0.316 e. The van der Waals surface area contributed by atoms with Crippen molar-refractivity contribution in [3.8, 4) is 5.75 Å². The van der Waals surface area contributed by atoms with Crippen molar-refractivity contribution < 1.29 is 18.1 Å². The lowest BCUT2D eigenvalue weighted by Gasteiger charge is -2.12. The molecule has 0 heterocycles. The van der Waals surface area contributed by atoms with Gasteiger partial charge in [-0.1, -0.05) is 110 Å². The highest BCUT2D eigenvalue weighted by Crippen LogP contribution is 2.31. The second kappa shape index (κ2) is 19.0. The quantitative estimate of drug-likeness (QED) is 0.126. The summed E-state index contributed by atoms with van der Waals surface area (Å²) in [5.41, 5.74) is 1.54. The molecule has 2 N–H and O–H groups in total.